The van der Waals surface area contributed by atoms with Crippen LogP contribution in [0, 0.1) is 11.3 Å². The summed E-state index contributed by atoms with van der Waals surface area (Å²) in [4.78, 5) is 22.8. The van der Waals surface area contributed by atoms with E-state index in [4.69, 9.17) is 10.00 Å². The first-order chi connectivity index (χ1) is 14.5. The van der Waals surface area contributed by atoms with Crippen molar-refractivity contribution in [2.45, 2.75) is 32.2 Å². The van der Waals surface area contributed by atoms with Crippen LogP contribution in [0.3, 0.4) is 0 Å². The predicted molar refractivity (Wildman–Crippen MR) is 114 cm³/mol. The average molecular weight is 406 g/mol. The number of hydrogen-bond acceptors (Lipinski definition) is 7. The quantitative estimate of drug-likeness (QED) is 0.659. The molecule has 1 fully saturated rings. The monoisotopic (exact) mass is 406 g/mol. The molecule has 2 aromatic heterocycles. The number of carbonyl (C=O) groups excluding carboxylic acids is 1. The second-order valence-electron chi connectivity index (χ2n) is 7.14. The zero-order valence-corrected chi connectivity index (χ0v) is 17.5. The second kappa shape index (κ2) is 9.37. The SMILES string of the molecule is CCN(/C(C)=C/NC(=O)CNC1(c2ccnc(OC)c2)CC1)c1ccc(C#N)cn1. The Morgan fingerprint density at radius 2 is 2.17 bits per heavy atom. The number of aromatic nitrogens is 2. The normalized spacial score (nSPS) is 14.5. The van der Waals surface area contributed by atoms with Gasteiger partial charge in [-0.15, -0.1) is 0 Å². The third-order valence-corrected chi connectivity index (χ3v) is 5.17. The lowest BCUT2D eigenvalue weighted by Crippen LogP contribution is -2.38. The summed E-state index contributed by atoms with van der Waals surface area (Å²) in [6.07, 6.45) is 6.88. The Kier molecular flexibility index (Phi) is 6.65. The highest BCUT2D eigenvalue weighted by Gasteiger charge is 2.44. The van der Waals surface area contributed by atoms with Crippen molar-refractivity contribution in [3.63, 3.8) is 0 Å². The summed E-state index contributed by atoms with van der Waals surface area (Å²) < 4.78 is 5.20. The van der Waals surface area contributed by atoms with Crippen LogP contribution >= 0.6 is 0 Å². The molecule has 0 aliphatic heterocycles. The number of pyridine rings is 2. The number of amides is 1. The second-order valence-corrected chi connectivity index (χ2v) is 7.14. The molecular weight excluding hydrogens is 380 g/mol. The lowest BCUT2D eigenvalue weighted by molar-refractivity contribution is -0.119. The molecule has 1 amide bonds. The number of carbonyl (C=O) groups is 1. The number of nitriles is 1. The van der Waals surface area contributed by atoms with Crippen molar-refractivity contribution in [2.75, 3.05) is 25.1 Å². The van der Waals surface area contributed by atoms with Crippen LogP contribution in [-0.4, -0.2) is 36.1 Å². The van der Waals surface area contributed by atoms with Crippen LogP contribution in [0.5, 0.6) is 5.88 Å². The Balaban J connectivity index is 1.57. The van der Waals surface area contributed by atoms with Crippen molar-refractivity contribution in [3.8, 4) is 11.9 Å². The molecular formula is C22H26N6O2. The van der Waals surface area contributed by atoms with Gasteiger partial charge in [-0.3, -0.25) is 10.1 Å². The molecule has 0 saturated heterocycles. The zero-order chi connectivity index (χ0) is 21.6. The Morgan fingerprint density at radius 3 is 2.77 bits per heavy atom. The number of nitrogens with zero attached hydrogens (tertiary/aromatic N) is 4. The highest BCUT2D eigenvalue weighted by atomic mass is 16.5. The van der Waals surface area contributed by atoms with Crippen molar-refractivity contribution in [3.05, 3.63) is 59.7 Å². The Labute approximate surface area is 176 Å². The van der Waals surface area contributed by atoms with E-state index in [0.29, 0.717) is 18.0 Å². The number of methoxy groups -OCH3 is 1. The van der Waals surface area contributed by atoms with Crippen molar-refractivity contribution in [1.29, 1.82) is 5.26 Å². The number of rotatable bonds is 9. The highest BCUT2D eigenvalue weighted by Crippen LogP contribution is 2.45. The average Bonchev–Trinajstić information content (AvgIpc) is 3.58. The number of anilines is 1. The van der Waals surface area contributed by atoms with E-state index in [1.165, 1.54) is 6.20 Å². The van der Waals surface area contributed by atoms with E-state index in [2.05, 4.69) is 26.7 Å². The van der Waals surface area contributed by atoms with Crippen LogP contribution in [0.15, 0.2) is 48.6 Å². The van der Waals surface area contributed by atoms with E-state index in [1.54, 1.807) is 31.6 Å². The third-order valence-electron chi connectivity index (χ3n) is 5.17. The Hall–Kier alpha value is -3.44. The van der Waals surface area contributed by atoms with Gasteiger partial charge in [-0.25, -0.2) is 9.97 Å². The third kappa shape index (κ3) is 4.93. The van der Waals surface area contributed by atoms with Gasteiger partial charge < -0.3 is 15.0 Å². The molecule has 3 rings (SSSR count). The number of allylic oxidation sites excluding steroid dienone is 1. The summed E-state index contributed by atoms with van der Waals surface area (Å²) in [6, 6.07) is 9.44. The summed E-state index contributed by atoms with van der Waals surface area (Å²) in [5.74, 6) is 1.17. The first-order valence-electron chi connectivity index (χ1n) is 9.86. The topological polar surface area (TPSA) is 103 Å². The molecule has 0 spiro atoms. The maximum atomic E-state index is 12.4. The Bertz CT molecular complexity index is 960. The minimum atomic E-state index is -0.186. The lowest BCUT2D eigenvalue weighted by atomic mass is 10.1. The van der Waals surface area contributed by atoms with E-state index < -0.39 is 0 Å². The molecule has 0 unspecified atom stereocenters. The first kappa shape index (κ1) is 21.3. The molecule has 0 atom stereocenters. The fourth-order valence-electron chi connectivity index (χ4n) is 3.28. The van der Waals surface area contributed by atoms with Gasteiger partial charge >= 0.3 is 0 Å². The molecule has 1 aliphatic rings. The van der Waals surface area contributed by atoms with Gasteiger partial charge in [0.05, 0.1) is 19.2 Å². The van der Waals surface area contributed by atoms with Gasteiger partial charge in [0.15, 0.2) is 0 Å². The molecule has 8 heteroatoms. The number of hydrogen-bond donors (Lipinski definition) is 2. The van der Waals surface area contributed by atoms with Crippen LogP contribution in [0.25, 0.3) is 0 Å². The molecule has 30 heavy (non-hydrogen) atoms. The first-order valence-corrected chi connectivity index (χ1v) is 9.86. The van der Waals surface area contributed by atoms with E-state index in [-0.39, 0.29) is 18.0 Å². The minimum absolute atomic E-state index is 0.120. The lowest BCUT2D eigenvalue weighted by Gasteiger charge is -2.23. The summed E-state index contributed by atoms with van der Waals surface area (Å²) in [6.45, 7) is 4.79. The van der Waals surface area contributed by atoms with Gasteiger partial charge in [-0.1, -0.05) is 0 Å². The molecule has 2 N–H and O–H groups in total. The van der Waals surface area contributed by atoms with Gasteiger partial charge in [0, 0.05) is 42.4 Å². The molecule has 2 heterocycles. The molecule has 8 nitrogen and oxygen atoms in total. The maximum Gasteiger partial charge on any atom is 0.237 e. The highest BCUT2D eigenvalue weighted by molar-refractivity contribution is 5.79. The molecule has 0 bridgehead atoms. The van der Waals surface area contributed by atoms with Crippen molar-refractivity contribution < 1.29 is 9.53 Å². The van der Waals surface area contributed by atoms with Crippen LogP contribution in [0.2, 0.25) is 0 Å². The number of nitrogens with one attached hydrogen (secondary N) is 2. The fraction of sp³-hybridized carbons (Fsp3) is 0.364. The maximum absolute atomic E-state index is 12.4. The largest absolute Gasteiger partial charge is 0.481 e. The fourth-order valence-corrected chi connectivity index (χ4v) is 3.28. The van der Waals surface area contributed by atoms with Crippen molar-refractivity contribution >= 4 is 11.7 Å². The smallest absolute Gasteiger partial charge is 0.237 e. The summed E-state index contributed by atoms with van der Waals surface area (Å²) in [7, 11) is 1.59. The van der Waals surface area contributed by atoms with E-state index in [0.717, 1.165) is 29.9 Å². The van der Waals surface area contributed by atoms with Crippen LogP contribution in [0.4, 0.5) is 5.82 Å². The van der Waals surface area contributed by atoms with Crippen LogP contribution in [-0.2, 0) is 10.3 Å². The summed E-state index contributed by atoms with van der Waals surface area (Å²) in [5.41, 5.74) is 2.26. The summed E-state index contributed by atoms with van der Waals surface area (Å²) in [5, 5.41) is 15.1. The van der Waals surface area contributed by atoms with Gasteiger partial charge in [-0.05, 0) is 50.5 Å². The van der Waals surface area contributed by atoms with E-state index in [9.17, 15) is 4.79 Å². The van der Waals surface area contributed by atoms with Crippen LogP contribution in [0.1, 0.15) is 37.8 Å². The van der Waals surface area contributed by atoms with Crippen molar-refractivity contribution in [2.24, 2.45) is 0 Å². The van der Waals surface area contributed by atoms with Gasteiger partial charge in [-0.2, -0.15) is 5.26 Å². The van der Waals surface area contributed by atoms with E-state index in [1.807, 2.05) is 30.9 Å². The zero-order valence-electron chi connectivity index (χ0n) is 17.5. The molecule has 1 saturated carbocycles. The number of ether oxygens (including phenoxy) is 1. The van der Waals surface area contributed by atoms with Gasteiger partial charge in [0.1, 0.15) is 11.9 Å². The van der Waals surface area contributed by atoms with Crippen molar-refractivity contribution in [1.82, 2.24) is 20.6 Å². The van der Waals surface area contributed by atoms with Gasteiger partial charge in [0.25, 0.3) is 0 Å². The molecule has 1 aliphatic carbocycles. The predicted octanol–water partition coefficient (Wildman–Crippen LogP) is 2.44. The van der Waals surface area contributed by atoms with Crippen LogP contribution < -0.4 is 20.3 Å². The molecule has 0 radical (unpaired) electrons. The summed E-state index contributed by atoms with van der Waals surface area (Å²) >= 11 is 0. The van der Waals surface area contributed by atoms with E-state index >= 15 is 0 Å². The molecule has 156 valence electrons. The molecule has 0 aromatic carbocycles. The molecule has 2 aromatic rings. The minimum Gasteiger partial charge on any atom is -0.481 e. The van der Waals surface area contributed by atoms with Gasteiger partial charge in [0.2, 0.25) is 11.8 Å². The Morgan fingerprint density at radius 1 is 1.37 bits per heavy atom. The standard InChI is InChI=1S/C22H26N6O2/c1-4-28(19-6-5-17(12-23)14-25-19)16(2)13-26-20(29)15-27-22(8-9-22)18-7-10-24-21(11-18)30-3/h5-7,10-11,13-14,27H,4,8-9,15H2,1-3H3,(H,26,29)/b16-13+.